The predicted octanol–water partition coefficient (Wildman–Crippen LogP) is 4.16. The molecule has 1 amide bonds. The average molecular weight is 268 g/mol. The molecular weight excluding hydrogens is 262 g/mol. The minimum absolute atomic E-state index is 0.645. The molecule has 1 aromatic heterocycles. The number of thiophene rings is 1. The number of anilines is 2. The van der Waals surface area contributed by atoms with E-state index in [1.54, 1.807) is 28.0 Å². The van der Waals surface area contributed by atoms with Gasteiger partial charge in [0.1, 0.15) is 5.00 Å². The molecule has 2 heterocycles. The molecule has 3 rings (SSSR count). The molecule has 1 aromatic carbocycles. The lowest BCUT2D eigenvalue weighted by atomic mass is 10.3. The Labute approximate surface area is 106 Å². The van der Waals surface area contributed by atoms with Crippen molar-refractivity contribution < 1.29 is 4.79 Å². The Balaban J connectivity index is 2.22. The normalized spacial score (nSPS) is 13.2. The molecule has 1 aliphatic heterocycles. The molecule has 0 radical (unpaired) electrons. The van der Waals surface area contributed by atoms with Gasteiger partial charge in [-0.25, -0.2) is 0 Å². The SMILES string of the molecule is O=CN1c2cc(Cl)ccc2Sc2ccsc21. The van der Waals surface area contributed by atoms with E-state index in [1.807, 2.05) is 29.6 Å². The quantitative estimate of drug-likeness (QED) is 0.723. The van der Waals surface area contributed by atoms with Crippen molar-refractivity contribution >= 4 is 51.8 Å². The van der Waals surface area contributed by atoms with Crippen LogP contribution in [0.25, 0.3) is 0 Å². The van der Waals surface area contributed by atoms with Crippen LogP contribution < -0.4 is 4.90 Å². The standard InChI is InChI=1S/C11H6ClNOS2/c12-7-1-2-9-8(5-7)13(6-14)11-10(16-9)3-4-15-11/h1-6H. The lowest BCUT2D eigenvalue weighted by Gasteiger charge is -2.25. The van der Waals surface area contributed by atoms with Crippen LogP contribution in [0.5, 0.6) is 0 Å². The van der Waals surface area contributed by atoms with E-state index in [0.29, 0.717) is 5.02 Å². The number of hydrogen-bond donors (Lipinski definition) is 0. The molecule has 0 N–H and O–H groups in total. The molecule has 0 aliphatic carbocycles. The number of amides is 1. The minimum atomic E-state index is 0.645. The Bertz CT molecular complexity index is 567. The van der Waals surface area contributed by atoms with E-state index >= 15 is 0 Å². The topological polar surface area (TPSA) is 20.3 Å². The number of nitrogens with zero attached hydrogens (tertiary/aromatic N) is 1. The lowest BCUT2D eigenvalue weighted by Crippen LogP contribution is -2.16. The number of carbonyl (C=O) groups is 1. The van der Waals surface area contributed by atoms with Gasteiger partial charge in [-0.1, -0.05) is 23.4 Å². The number of carbonyl (C=O) groups excluding carboxylic acids is 1. The third kappa shape index (κ3) is 1.45. The second-order valence-corrected chi connectivity index (χ2v) is 5.69. The second-order valence-electron chi connectivity index (χ2n) is 3.28. The van der Waals surface area contributed by atoms with Gasteiger partial charge in [0.15, 0.2) is 0 Å². The zero-order valence-electron chi connectivity index (χ0n) is 8.01. The summed E-state index contributed by atoms with van der Waals surface area (Å²) in [6.07, 6.45) is 0.838. The van der Waals surface area contributed by atoms with Crippen LogP contribution in [0.3, 0.4) is 0 Å². The molecular formula is C11H6ClNOS2. The van der Waals surface area contributed by atoms with Crippen LogP contribution >= 0.6 is 34.7 Å². The molecule has 0 saturated carbocycles. The number of rotatable bonds is 1. The van der Waals surface area contributed by atoms with E-state index in [1.165, 1.54) is 0 Å². The fourth-order valence-electron chi connectivity index (χ4n) is 1.64. The Morgan fingerprint density at radius 2 is 2.12 bits per heavy atom. The maximum absolute atomic E-state index is 11.2. The molecule has 1 aliphatic rings. The van der Waals surface area contributed by atoms with E-state index < -0.39 is 0 Å². The van der Waals surface area contributed by atoms with Crippen molar-refractivity contribution in [3.8, 4) is 0 Å². The van der Waals surface area contributed by atoms with Crippen LogP contribution in [-0.2, 0) is 4.79 Å². The van der Waals surface area contributed by atoms with Crippen LogP contribution in [-0.4, -0.2) is 6.41 Å². The van der Waals surface area contributed by atoms with Crippen LogP contribution in [0.15, 0.2) is 39.4 Å². The van der Waals surface area contributed by atoms with Gasteiger partial charge in [0.25, 0.3) is 0 Å². The summed E-state index contributed by atoms with van der Waals surface area (Å²) in [5, 5.41) is 3.60. The highest BCUT2D eigenvalue weighted by atomic mass is 35.5. The van der Waals surface area contributed by atoms with E-state index in [0.717, 1.165) is 26.9 Å². The maximum atomic E-state index is 11.2. The summed E-state index contributed by atoms with van der Waals surface area (Å²) < 4.78 is 0. The smallest absolute Gasteiger partial charge is 0.219 e. The largest absolute Gasteiger partial charge is 0.278 e. The zero-order valence-corrected chi connectivity index (χ0v) is 10.4. The van der Waals surface area contributed by atoms with E-state index in [2.05, 4.69) is 0 Å². The van der Waals surface area contributed by atoms with Crippen molar-refractivity contribution in [2.45, 2.75) is 9.79 Å². The van der Waals surface area contributed by atoms with Crippen LogP contribution in [0.4, 0.5) is 10.7 Å². The van der Waals surface area contributed by atoms with Gasteiger partial charge in [-0.05, 0) is 29.6 Å². The van der Waals surface area contributed by atoms with Gasteiger partial charge in [-0.2, -0.15) is 0 Å². The number of hydrogen-bond acceptors (Lipinski definition) is 3. The first kappa shape index (κ1) is 10.2. The average Bonchev–Trinajstić information content (AvgIpc) is 2.73. The Morgan fingerprint density at radius 1 is 1.25 bits per heavy atom. The molecule has 80 valence electrons. The molecule has 2 aromatic rings. The van der Waals surface area contributed by atoms with Crippen LogP contribution in [0.1, 0.15) is 0 Å². The van der Waals surface area contributed by atoms with Gasteiger partial charge in [-0.3, -0.25) is 9.69 Å². The monoisotopic (exact) mass is 267 g/mol. The molecule has 0 bridgehead atoms. The highest BCUT2D eigenvalue weighted by Gasteiger charge is 2.24. The van der Waals surface area contributed by atoms with Gasteiger partial charge in [-0.15, -0.1) is 11.3 Å². The third-order valence-corrected chi connectivity index (χ3v) is 4.73. The summed E-state index contributed by atoms with van der Waals surface area (Å²) in [7, 11) is 0. The van der Waals surface area contributed by atoms with Gasteiger partial charge >= 0.3 is 0 Å². The highest BCUT2D eigenvalue weighted by molar-refractivity contribution is 8.00. The first-order valence-electron chi connectivity index (χ1n) is 4.59. The summed E-state index contributed by atoms with van der Waals surface area (Å²) in [5.41, 5.74) is 0.863. The van der Waals surface area contributed by atoms with E-state index in [9.17, 15) is 4.79 Å². The molecule has 0 atom stereocenters. The number of benzene rings is 1. The summed E-state index contributed by atoms with van der Waals surface area (Å²) in [6, 6.07) is 7.63. The van der Waals surface area contributed by atoms with Crippen molar-refractivity contribution in [1.29, 1.82) is 0 Å². The third-order valence-electron chi connectivity index (χ3n) is 2.33. The van der Waals surface area contributed by atoms with Gasteiger partial charge in [0, 0.05) is 14.8 Å². The fraction of sp³-hybridized carbons (Fsp3) is 0. The highest BCUT2D eigenvalue weighted by Crippen LogP contribution is 2.50. The van der Waals surface area contributed by atoms with Crippen molar-refractivity contribution in [1.82, 2.24) is 0 Å². The number of fused-ring (bicyclic) bond motifs is 2. The Kier molecular flexibility index (Phi) is 2.42. The van der Waals surface area contributed by atoms with Gasteiger partial charge in [0.05, 0.1) is 5.69 Å². The van der Waals surface area contributed by atoms with Crippen molar-refractivity contribution in [3.05, 3.63) is 34.7 Å². The second kappa shape index (κ2) is 3.80. The van der Waals surface area contributed by atoms with Crippen LogP contribution in [0.2, 0.25) is 5.02 Å². The van der Waals surface area contributed by atoms with Gasteiger partial charge in [0.2, 0.25) is 6.41 Å². The molecule has 0 spiro atoms. The maximum Gasteiger partial charge on any atom is 0.219 e. The van der Waals surface area contributed by atoms with E-state index in [-0.39, 0.29) is 0 Å². The Morgan fingerprint density at radius 3 is 2.94 bits per heavy atom. The number of halogens is 1. The summed E-state index contributed by atoms with van der Waals surface area (Å²) in [5.74, 6) is 0. The summed E-state index contributed by atoms with van der Waals surface area (Å²) >= 11 is 9.18. The Hall–Kier alpha value is -0.970. The van der Waals surface area contributed by atoms with Crippen molar-refractivity contribution in [2.24, 2.45) is 0 Å². The summed E-state index contributed by atoms with van der Waals surface area (Å²) in [4.78, 5) is 15.0. The molecule has 5 heteroatoms. The van der Waals surface area contributed by atoms with Gasteiger partial charge < -0.3 is 0 Å². The first-order chi connectivity index (χ1) is 7.79. The van der Waals surface area contributed by atoms with Crippen LogP contribution in [0, 0.1) is 0 Å². The van der Waals surface area contributed by atoms with E-state index in [4.69, 9.17) is 11.6 Å². The van der Waals surface area contributed by atoms with Crippen molar-refractivity contribution in [3.63, 3.8) is 0 Å². The minimum Gasteiger partial charge on any atom is -0.278 e. The zero-order chi connectivity index (χ0) is 11.1. The molecule has 2 nitrogen and oxygen atoms in total. The van der Waals surface area contributed by atoms with Crippen molar-refractivity contribution in [2.75, 3.05) is 4.90 Å². The summed E-state index contributed by atoms with van der Waals surface area (Å²) in [6.45, 7) is 0. The predicted molar refractivity (Wildman–Crippen MR) is 68.1 cm³/mol. The molecule has 0 unspecified atom stereocenters. The lowest BCUT2D eigenvalue weighted by molar-refractivity contribution is -0.106. The molecule has 0 fully saturated rings. The molecule has 16 heavy (non-hydrogen) atoms. The molecule has 0 saturated heterocycles. The fourth-order valence-corrected chi connectivity index (χ4v) is 3.89. The first-order valence-corrected chi connectivity index (χ1v) is 6.66.